The SMILES string of the molecule is N=C(N)N1CCSCC1. The van der Waals surface area contributed by atoms with E-state index in [0.29, 0.717) is 0 Å². The zero-order valence-corrected chi connectivity index (χ0v) is 6.08. The normalized spacial score (nSPS) is 19.8. The molecule has 4 heteroatoms. The number of guanidine groups is 1. The highest BCUT2D eigenvalue weighted by molar-refractivity contribution is 7.99. The summed E-state index contributed by atoms with van der Waals surface area (Å²) < 4.78 is 0. The topological polar surface area (TPSA) is 53.1 Å². The van der Waals surface area contributed by atoms with Crippen molar-refractivity contribution in [2.45, 2.75) is 0 Å². The van der Waals surface area contributed by atoms with Crippen molar-refractivity contribution in [2.24, 2.45) is 5.73 Å². The van der Waals surface area contributed by atoms with Crippen LogP contribution in [0.4, 0.5) is 0 Å². The summed E-state index contributed by atoms with van der Waals surface area (Å²) in [4.78, 5) is 1.90. The van der Waals surface area contributed by atoms with Crippen molar-refractivity contribution in [1.82, 2.24) is 4.90 Å². The molecule has 0 saturated carbocycles. The maximum absolute atomic E-state index is 7.08. The summed E-state index contributed by atoms with van der Waals surface area (Å²) in [5.74, 6) is 2.44. The zero-order chi connectivity index (χ0) is 6.69. The molecule has 9 heavy (non-hydrogen) atoms. The molecule has 1 heterocycles. The first-order valence-corrected chi connectivity index (χ1v) is 4.13. The van der Waals surface area contributed by atoms with Crippen molar-refractivity contribution in [3.63, 3.8) is 0 Å². The van der Waals surface area contributed by atoms with Crippen LogP contribution in [-0.4, -0.2) is 35.5 Å². The maximum atomic E-state index is 7.08. The van der Waals surface area contributed by atoms with Gasteiger partial charge in [0, 0.05) is 24.6 Å². The van der Waals surface area contributed by atoms with Gasteiger partial charge in [0.1, 0.15) is 0 Å². The lowest BCUT2D eigenvalue weighted by Crippen LogP contribution is -2.41. The molecule has 1 fully saturated rings. The Hall–Kier alpha value is -0.380. The Balaban J connectivity index is 2.31. The van der Waals surface area contributed by atoms with E-state index in [1.54, 1.807) is 0 Å². The van der Waals surface area contributed by atoms with Crippen molar-refractivity contribution in [3.8, 4) is 0 Å². The van der Waals surface area contributed by atoms with Crippen LogP contribution >= 0.6 is 11.8 Å². The molecule has 0 atom stereocenters. The second-order valence-electron chi connectivity index (χ2n) is 1.98. The molecule has 0 bridgehead atoms. The van der Waals surface area contributed by atoms with Gasteiger partial charge in [-0.15, -0.1) is 0 Å². The van der Waals surface area contributed by atoms with E-state index in [2.05, 4.69) is 0 Å². The zero-order valence-electron chi connectivity index (χ0n) is 5.26. The van der Waals surface area contributed by atoms with Crippen LogP contribution in [0.5, 0.6) is 0 Å². The fourth-order valence-corrected chi connectivity index (χ4v) is 1.71. The molecule has 1 rings (SSSR count). The van der Waals surface area contributed by atoms with Crippen LogP contribution in [0.25, 0.3) is 0 Å². The molecule has 0 aliphatic carbocycles. The molecule has 3 N–H and O–H groups in total. The molecule has 0 amide bonds. The van der Waals surface area contributed by atoms with Gasteiger partial charge in [0.15, 0.2) is 5.96 Å². The summed E-state index contributed by atoms with van der Waals surface area (Å²) in [5.41, 5.74) is 5.27. The highest BCUT2D eigenvalue weighted by Gasteiger charge is 2.09. The first-order chi connectivity index (χ1) is 4.30. The molecule has 0 spiro atoms. The molecule has 0 unspecified atom stereocenters. The largest absolute Gasteiger partial charge is 0.370 e. The molecule has 0 aromatic heterocycles. The molecular formula is C5H11N3S. The monoisotopic (exact) mass is 145 g/mol. The van der Waals surface area contributed by atoms with E-state index in [-0.39, 0.29) is 5.96 Å². The number of nitrogens with one attached hydrogen (secondary N) is 1. The van der Waals surface area contributed by atoms with Gasteiger partial charge in [-0.3, -0.25) is 5.41 Å². The van der Waals surface area contributed by atoms with Gasteiger partial charge >= 0.3 is 0 Å². The second kappa shape index (κ2) is 2.96. The van der Waals surface area contributed by atoms with Gasteiger partial charge in [-0.1, -0.05) is 0 Å². The molecule has 1 aliphatic heterocycles. The summed E-state index contributed by atoms with van der Waals surface area (Å²) in [6, 6.07) is 0. The fourth-order valence-electron chi connectivity index (χ4n) is 0.804. The molecule has 52 valence electrons. The number of thioether (sulfide) groups is 1. The van der Waals surface area contributed by atoms with Crippen LogP contribution in [0.15, 0.2) is 0 Å². The number of hydrogen-bond acceptors (Lipinski definition) is 2. The van der Waals surface area contributed by atoms with Crippen molar-refractivity contribution in [1.29, 1.82) is 5.41 Å². The van der Waals surface area contributed by atoms with Crippen LogP contribution in [0, 0.1) is 5.41 Å². The minimum absolute atomic E-state index is 0.218. The smallest absolute Gasteiger partial charge is 0.188 e. The van der Waals surface area contributed by atoms with Gasteiger partial charge in [-0.05, 0) is 0 Å². The van der Waals surface area contributed by atoms with Crippen LogP contribution in [0.2, 0.25) is 0 Å². The lowest BCUT2D eigenvalue weighted by atomic mass is 10.5. The molecule has 0 radical (unpaired) electrons. The number of nitrogens with zero attached hydrogens (tertiary/aromatic N) is 1. The van der Waals surface area contributed by atoms with Gasteiger partial charge in [-0.25, -0.2) is 0 Å². The highest BCUT2D eigenvalue weighted by Crippen LogP contribution is 2.07. The van der Waals surface area contributed by atoms with Gasteiger partial charge < -0.3 is 10.6 Å². The first-order valence-electron chi connectivity index (χ1n) is 2.97. The predicted octanol–water partition coefficient (Wildman–Crippen LogP) is -0.0713. The Bertz CT molecular complexity index is 109. The van der Waals surface area contributed by atoms with E-state index < -0.39 is 0 Å². The van der Waals surface area contributed by atoms with Gasteiger partial charge in [0.25, 0.3) is 0 Å². The third-order valence-corrected chi connectivity index (χ3v) is 2.29. The Morgan fingerprint density at radius 1 is 1.44 bits per heavy atom. The average molecular weight is 145 g/mol. The van der Waals surface area contributed by atoms with Crippen molar-refractivity contribution < 1.29 is 0 Å². The number of rotatable bonds is 0. The highest BCUT2D eigenvalue weighted by atomic mass is 32.2. The first kappa shape index (κ1) is 6.74. The number of hydrogen-bond donors (Lipinski definition) is 2. The molecular weight excluding hydrogens is 134 g/mol. The summed E-state index contributed by atoms with van der Waals surface area (Å²) in [7, 11) is 0. The molecule has 0 aromatic carbocycles. The predicted molar refractivity (Wildman–Crippen MR) is 40.8 cm³/mol. The molecule has 0 aromatic rings. The van der Waals surface area contributed by atoms with Gasteiger partial charge in [0.05, 0.1) is 0 Å². The minimum atomic E-state index is 0.218. The van der Waals surface area contributed by atoms with Gasteiger partial charge in [-0.2, -0.15) is 11.8 Å². The summed E-state index contributed by atoms with van der Waals surface area (Å²) in [6.07, 6.45) is 0. The van der Waals surface area contributed by atoms with Gasteiger partial charge in [0.2, 0.25) is 0 Å². The fraction of sp³-hybridized carbons (Fsp3) is 0.800. The Morgan fingerprint density at radius 3 is 2.33 bits per heavy atom. The standard InChI is InChI=1S/C5H11N3S/c6-5(7)8-1-3-9-4-2-8/h1-4H2,(H3,6,7). The van der Waals surface area contributed by atoms with Crippen LogP contribution in [-0.2, 0) is 0 Å². The Labute approximate surface area is 59.1 Å². The quantitative estimate of drug-likeness (QED) is 0.370. The van der Waals surface area contributed by atoms with E-state index in [9.17, 15) is 0 Å². The molecule has 1 aliphatic rings. The third kappa shape index (κ3) is 1.78. The molecule has 3 nitrogen and oxygen atoms in total. The van der Waals surface area contributed by atoms with Crippen molar-refractivity contribution >= 4 is 17.7 Å². The summed E-state index contributed by atoms with van der Waals surface area (Å²) >= 11 is 1.92. The summed E-state index contributed by atoms with van der Waals surface area (Å²) in [5, 5.41) is 7.08. The average Bonchev–Trinajstić information content (AvgIpc) is 1.90. The van der Waals surface area contributed by atoms with E-state index in [0.717, 1.165) is 24.6 Å². The lowest BCUT2D eigenvalue weighted by Gasteiger charge is -2.25. The van der Waals surface area contributed by atoms with E-state index in [1.165, 1.54) is 0 Å². The van der Waals surface area contributed by atoms with Crippen molar-refractivity contribution in [2.75, 3.05) is 24.6 Å². The van der Waals surface area contributed by atoms with E-state index in [1.807, 2.05) is 16.7 Å². The maximum Gasteiger partial charge on any atom is 0.188 e. The van der Waals surface area contributed by atoms with Crippen LogP contribution in [0.3, 0.4) is 0 Å². The van der Waals surface area contributed by atoms with Crippen molar-refractivity contribution in [3.05, 3.63) is 0 Å². The Morgan fingerprint density at radius 2 is 2.00 bits per heavy atom. The molecule has 1 saturated heterocycles. The number of nitrogens with two attached hydrogens (primary N) is 1. The lowest BCUT2D eigenvalue weighted by molar-refractivity contribution is 0.455. The minimum Gasteiger partial charge on any atom is -0.370 e. The second-order valence-corrected chi connectivity index (χ2v) is 3.21. The summed E-state index contributed by atoms with van der Waals surface area (Å²) in [6.45, 7) is 1.89. The third-order valence-electron chi connectivity index (χ3n) is 1.35. The van der Waals surface area contributed by atoms with E-state index in [4.69, 9.17) is 11.1 Å². The van der Waals surface area contributed by atoms with E-state index >= 15 is 0 Å². The van der Waals surface area contributed by atoms with Crippen LogP contribution < -0.4 is 5.73 Å². The van der Waals surface area contributed by atoms with Crippen LogP contribution in [0.1, 0.15) is 0 Å². The Kier molecular flexibility index (Phi) is 2.22.